The van der Waals surface area contributed by atoms with E-state index in [2.05, 4.69) is 22.0 Å². The molecule has 2 heterocycles. The molecule has 0 aliphatic heterocycles. The number of nitrogens with zero attached hydrogens (tertiary/aromatic N) is 4. The summed E-state index contributed by atoms with van der Waals surface area (Å²) in [6.45, 7) is 2.05. The number of hydrogen-bond acceptors (Lipinski definition) is 3. The van der Waals surface area contributed by atoms with Crippen LogP contribution in [0.1, 0.15) is 5.56 Å². The summed E-state index contributed by atoms with van der Waals surface area (Å²) in [5.74, 6) is 0. The summed E-state index contributed by atoms with van der Waals surface area (Å²) in [4.78, 5) is 9.01. The van der Waals surface area contributed by atoms with Crippen molar-refractivity contribution in [3.63, 3.8) is 0 Å². The molecule has 0 bridgehead atoms. The molecular weight excluding hydrogens is 212 g/mol. The van der Waals surface area contributed by atoms with Crippen molar-refractivity contribution in [3.05, 3.63) is 42.4 Å². The number of aromatic nitrogens is 4. The summed E-state index contributed by atoms with van der Waals surface area (Å²) in [5, 5.41) is 4.14. The summed E-state index contributed by atoms with van der Waals surface area (Å²) in [7, 11) is 1.89. The van der Waals surface area contributed by atoms with Crippen LogP contribution in [0.25, 0.3) is 22.3 Å². The van der Waals surface area contributed by atoms with Crippen molar-refractivity contribution in [2.24, 2.45) is 7.05 Å². The molecule has 0 fully saturated rings. The molecule has 3 rings (SSSR count). The second kappa shape index (κ2) is 3.66. The van der Waals surface area contributed by atoms with Gasteiger partial charge >= 0.3 is 0 Å². The van der Waals surface area contributed by atoms with Crippen molar-refractivity contribution in [1.29, 1.82) is 0 Å². The first-order chi connectivity index (χ1) is 8.22. The first kappa shape index (κ1) is 9.96. The van der Waals surface area contributed by atoms with Gasteiger partial charge in [0.15, 0.2) is 0 Å². The van der Waals surface area contributed by atoms with Gasteiger partial charge < -0.3 is 0 Å². The molecule has 84 valence electrons. The highest BCUT2D eigenvalue weighted by Crippen LogP contribution is 2.18. The largest absolute Gasteiger partial charge is 0.275 e. The van der Waals surface area contributed by atoms with E-state index >= 15 is 0 Å². The Bertz CT molecular complexity index is 685. The lowest BCUT2D eigenvalue weighted by molar-refractivity contribution is 0.768. The molecule has 4 heteroatoms. The van der Waals surface area contributed by atoms with Crippen LogP contribution in [0.15, 0.2) is 36.8 Å². The summed E-state index contributed by atoms with van der Waals surface area (Å²) < 4.78 is 1.76. The minimum absolute atomic E-state index is 0.858. The molecule has 0 unspecified atom stereocenters. The lowest BCUT2D eigenvalue weighted by atomic mass is 10.2. The molecule has 0 spiro atoms. The van der Waals surface area contributed by atoms with Crippen LogP contribution in [0.5, 0.6) is 0 Å². The number of hydrogen-bond donors (Lipinski definition) is 0. The van der Waals surface area contributed by atoms with Crippen LogP contribution in [0.4, 0.5) is 0 Å². The second-order valence-corrected chi connectivity index (χ2v) is 4.15. The van der Waals surface area contributed by atoms with Crippen LogP contribution in [0.3, 0.4) is 0 Å². The van der Waals surface area contributed by atoms with Gasteiger partial charge in [0.05, 0.1) is 29.1 Å². The van der Waals surface area contributed by atoms with Gasteiger partial charge in [0.2, 0.25) is 0 Å². The summed E-state index contributed by atoms with van der Waals surface area (Å²) in [6, 6.07) is 6.08. The molecule has 0 saturated carbocycles. The van der Waals surface area contributed by atoms with E-state index in [1.54, 1.807) is 17.1 Å². The third-order valence-electron chi connectivity index (χ3n) is 2.70. The smallest absolute Gasteiger partial charge is 0.0924 e. The first-order valence-electron chi connectivity index (χ1n) is 5.45. The average molecular weight is 224 g/mol. The molecule has 0 aliphatic carbocycles. The molecule has 0 radical (unpaired) electrons. The zero-order valence-electron chi connectivity index (χ0n) is 9.75. The lowest BCUT2D eigenvalue weighted by Crippen LogP contribution is -1.88. The van der Waals surface area contributed by atoms with Crippen molar-refractivity contribution in [3.8, 4) is 11.3 Å². The number of rotatable bonds is 1. The molecule has 4 nitrogen and oxygen atoms in total. The predicted octanol–water partition coefficient (Wildman–Crippen LogP) is 2.34. The molecule has 0 atom stereocenters. The van der Waals surface area contributed by atoms with Gasteiger partial charge in [-0.1, -0.05) is 6.07 Å². The normalized spacial score (nSPS) is 10.9. The van der Waals surface area contributed by atoms with E-state index in [-0.39, 0.29) is 0 Å². The van der Waals surface area contributed by atoms with Crippen LogP contribution in [0, 0.1) is 6.92 Å². The SMILES string of the molecule is Cc1ccc2ncc(-c3cnn(C)c3)nc2c1. The quantitative estimate of drug-likeness (QED) is 0.637. The molecule has 0 aliphatic rings. The van der Waals surface area contributed by atoms with E-state index < -0.39 is 0 Å². The topological polar surface area (TPSA) is 43.6 Å². The highest BCUT2D eigenvalue weighted by molar-refractivity contribution is 5.77. The van der Waals surface area contributed by atoms with Crippen LogP contribution < -0.4 is 0 Å². The van der Waals surface area contributed by atoms with Gasteiger partial charge in [0, 0.05) is 18.8 Å². The molecule has 0 amide bonds. The Labute approximate surface area is 98.9 Å². The zero-order chi connectivity index (χ0) is 11.8. The van der Waals surface area contributed by atoms with Gasteiger partial charge in [-0.15, -0.1) is 0 Å². The zero-order valence-corrected chi connectivity index (χ0v) is 9.75. The van der Waals surface area contributed by atoms with E-state index in [9.17, 15) is 0 Å². The highest BCUT2D eigenvalue weighted by Gasteiger charge is 2.04. The minimum atomic E-state index is 0.858. The fourth-order valence-electron chi connectivity index (χ4n) is 1.81. The van der Waals surface area contributed by atoms with E-state index in [1.165, 1.54) is 5.56 Å². The number of fused-ring (bicyclic) bond motifs is 1. The Kier molecular flexibility index (Phi) is 2.14. The Morgan fingerprint density at radius 2 is 2.00 bits per heavy atom. The number of benzene rings is 1. The Morgan fingerprint density at radius 3 is 2.76 bits per heavy atom. The fourth-order valence-corrected chi connectivity index (χ4v) is 1.81. The van der Waals surface area contributed by atoms with E-state index in [0.717, 1.165) is 22.3 Å². The maximum Gasteiger partial charge on any atom is 0.0924 e. The van der Waals surface area contributed by atoms with Crippen molar-refractivity contribution in [2.45, 2.75) is 6.92 Å². The van der Waals surface area contributed by atoms with Gasteiger partial charge in [-0.2, -0.15) is 5.10 Å². The summed E-state index contributed by atoms with van der Waals surface area (Å²) in [5.41, 5.74) is 4.88. The third-order valence-corrected chi connectivity index (χ3v) is 2.70. The minimum Gasteiger partial charge on any atom is -0.275 e. The maximum absolute atomic E-state index is 4.60. The van der Waals surface area contributed by atoms with Gasteiger partial charge in [0.25, 0.3) is 0 Å². The van der Waals surface area contributed by atoms with Gasteiger partial charge in [-0.05, 0) is 24.6 Å². The average Bonchev–Trinajstić information content (AvgIpc) is 2.75. The highest BCUT2D eigenvalue weighted by atomic mass is 15.2. The maximum atomic E-state index is 4.60. The van der Waals surface area contributed by atoms with Gasteiger partial charge in [-0.25, -0.2) is 4.98 Å². The van der Waals surface area contributed by atoms with E-state index in [1.807, 2.05) is 31.4 Å². The number of aryl methyl sites for hydroxylation is 2. The van der Waals surface area contributed by atoms with E-state index in [4.69, 9.17) is 0 Å². The molecule has 17 heavy (non-hydrogen) atoms. The van der Waals surface area contributed by atoms with Crippen molar-refractivity contribution < 1.29 is 0 Å². The van der Waals surface area contributed by atoms with Gasteiger partial charge in [-0.3, -0.25) is 9.67 Å². The predicted molar refractivity (Wildman–Crippen MR) is 66.5 cm³/mol. The summed E-state index contributed by atoms with van der Waals surface area (Å²) >= 11 is 0. The van der Waals surface area contributed by atoms with Crippen LogP contribution in [-0.4, -0.2) is 19.7 Å². The molecule has 3 aromatic rings. The Hall–Kier alpha value is -2.23. The monoisotopic (exact) mass is 224 g/mol. The molecule has 0 saturated heterocycles. The van der Waals surface area contributed by atoms with Crippen molar-refractivity contribution in [2.75, 3.05) is 0 Å². The summed E-state index contributed by atoms with van der Waals surface area (Å²) in [6.07, 6.45) is 5.52. The Balaban J connectivity index is 2.18. The molecule has 1 aromatic carbocycles. The fraction of sp³-hybridized carbons (Fsp3) is 0.154. The van der Waals surface area contributed by atoms with Crippen molar-refractivity contribution >= 4 is 11.0 Å². The van der Waals surface area contributed by atoms with Gasteiger partial charge in [0.1, 0.15) is 0 Å². The first-order valence-corrected chi connectivity index (χ1v) is 5.45. The molecular formula is C13H12N4. The van der Waals surface area contributed by atoms with Crippen LogP contribution >= 0.6 is 0 Å². The van der Waals surface area contributed by atoms with Crippen LogP contribution in [-0.2, 0) is 7.05 Å². The molecule has 0 N–H and O–H groups in total. The standard InChI is InChI=1S/C13H12N4/c1-9-3-4-11-12(5-9)16-13(7-14-11)10-6-15-17(2)8-10/h3-8H,1-2H3. The lowest BCUT2D eigenvalue weighted by Gasteiger charge is -2.00. The Morgan fingerprint density at radius 1 is 1.12 bits per heavy atom. The second-order valence-electron chi connectivity index (χ2n) is 4.15. The van der Waals surface area contributed by atoms with E-state index in [0.29, 0.717) is 0 Å². The molecule has 2 aromatic heterocycles. The van der Waals surface area contributed by atoms with Crippen LogP contribution in [0.2, 0.25) is 0 Å². The third kappa shape index (κ3) is 1.78. The van der Waals surface area contributed by atoms with Crippen molar-refractivity contribution in [1.82, 2.24) is 19.7 Å².